The predicted molar refractivity (Wildman–Crippen MR) is 50.8 cm³/mol. The third-order valence-electron chi connectivity index (χ3n) is 2.58. The van der Waals surface area contributed by atoms with Gasteiger partial charge in [-0.25, -0.2) is 4.98 Å². The molecular formula is C10H14N2O. The molecule has 0 radical (unpaired) electrons. The minimum absolute atomic E-state index is 0.145. The highest BCUT2D eigenvalue weighted by Gasteiger charge is 2.10. The summed E-state index contributed by atoms with van der Waals surface area (Å²) in [5.41, 5.74) is 0.901. The third kappa shape index (κ3) is 1.50. The minimum Gasteiger partial charge on any atom is -0.296 e. The van der Waals surface area contributed by atoms with Gasteiger partial charge in [0, 0.05) is 24.7 Å². The second-order valence-corrected chi connectivity index (χ2v) is 3.62. The van der Waals surface area contributed by atoms with Crippen LogP contribution < -0.4 is 5.56 Å². The fourth-order valence-corrected chi connectivity index (χ4v) is 1.79. The fourth-order valence-electron chi connectivity index (χ4n) is 1.79. The topological polar surface area (TPSA) is 34.9 Å². The molecule has 0 atom stereocenters. The highest BCUT2D eigenvalue weighted by molar-refractivity contribution is 5.06. The number of rotatable bonds is 0. The van der Waals surface area contributed by atoms with Crippen LogP contribution in [0.4, 0.5) is 0 Å². The van der Waals surface area contributed by atoms with Gasteiger partial charge < -0.3 is 0 Å². The Labute approximate surface area is 77.4 Å². The first-order chi connectivity index (χ1) is 6.29. The Morgan fingerprint density at radius 3 is 3.08 bits per heavy atom. The van der Waals surface area contributed by atoms with Crippen LogP contribution in [0.2, 0.25) is 0 Å². The number of aryl methyl sites for hydroxylation is 2. The molecule has 1 aliphatic rings. The summed E-state index contributed by atoms with van der Waals surface area (Å²) in [5, 5.41) is 0. The van der Waals surface area contributed by atoms with E-state index >= 15 is 0 Å². The van der Waals surface area contributed by atoms with E-state index in [1.807, 2.05) is 11.5 Å². The smallest absolute Gasteiger partial charge is 0.256 e. The number of nitrogens with zero attached hydrogens (tertiary/aromatic N) is 2. The van der Waals surface area contributed by atoms with Crippen molar-refractivity contribution in [2.45, 2.75) is 39.2 Å². The molecule has 0 N–H and O–H groups in total. The maximum absolute atomic E-state index is 11.7. The van der Waals surface area contributed by atoms with Crippen molar-refractivity contribution in [3.63, 3.8) is 0 Å². The highest BCUT2D eigenvalue weighted by Crippen LogP contribution is 2.10. The van der Waals surface area contributed by atoms with Crippen molar-refractivity contribution in [2.24, 2.45) is 0 Å². The Bertz CT molecular complexity index is 368. The van der Waals surface area contributed by atoms with E-state index in [-0.39, 0.29) is 5.56 Å². The van der Waals surface area contributed by atoms with Gasteiger partial charge in [0.1, 0.15) is 5.82 Å². The average molecular weight is 178 g/mol. The van der Waals surface area contributed by atoms with Crippen molar-refractivity contribution in [2.75, 3.05) is 0 Å². The average Bonchev–Trinajstić information content (AvgIpc) is 2.36. The van der Waals surface area contributed by atoms with E-state index in [1.165, 1.54) is 6.42 Å². The van der Waals surface area contributed by atoms with Gasteiger partial charge in [0.25, 0.3) is 5.56 Å². The molecule has 0 bridgehead atoms. The molecule has 0 aromatic carbocycles. The van der Waals surface area contributed by atoms with Crippen LogP contribution in [0.3, 0.4) is 0 Å². The largest absolute Gasteiger partial charge is 0.296 e. The summed E-state index contributed by atoms with van der Waals surface area (Å²) in [6.45, 7) is 2.68. The molecule has 0 saturated heterocycles. The van der Waals surface area contributed by atoms with E-state index in [9.17, 15) is 4.79 Å². The first-order valence-electron chi connectivity index (χ1n) is 4.84. The Kier molecular flexibility index (Phi) is 2.17. The van der Waals surface area contributed by atoms with Gasteiger partial charge in [0.15, 0.2) is 0 Å². The van der Waals surface area contributed by atoms with Gasteiger partial charge in [0.05, 0.1) is 0 Å². The molecule has 0 unspecified atom stereocenters. The van der Waals surface area contributed by atoms with E-state index in [0.717, 1.165) is 37.2 Å². The van der Waals surface area contributed by atoms with Gasteiger partial charge in [-0.05, 0) is 19.8 Å². The first-order valence-corrected chi connectivity index (χ1v) is 4.84. The van der Waals surface area contributed by atoms with Crippen molar-refractivity contribution in [3.8, 4) is 0 Å². The zero-order valence-corrected chi connectivity index (χ0v) is 7.92. The standard InChI is InChI=1S/C10H14N2O/c1-8-7-11-9-5-3-2-4-6-12(9)10(8)13/h7H,2-6H2,1H3. The highest BCUT2D eigenvalue weighted by atomic mass is 16.1. The van der Waals surface area contributed by atoms with E-state index in [4.69, 9.17) is 0 Å². The van der Waals surface area contributed by atoms with Gasteiger partial charge in [-0.1, -0.05) is 6.42 Å². The molecule has 0 fully saturated rings. The summed E-state index contributed by atoms with van der Waals surface area (Å²) in [7, 11) is 0. The summed E-state index contributed by atoms with van der Waals surface area (Å²) in [6.07, 6.45) is 6.13. The predicted octanol–water partition coefficient (Wildman–Crippen LogP) is 1.28. The van der Waals surface area contributed by atoms with Crippen LogP contribution in [0.5, 0.6) is 0 Å². The zero-order chi connectivity index (χ0) is 9.26. The van der Waals surface area contributed by atoms with Gasteiger partial charge >= 0.3 is 0 Å². The fraction of sp³-hybridized carbons (Fsp3) is 0.600. The molecule has 2 rings (SSSR count). The van der Waals surface area contributed by atoms with Gasteiger partial charge in [0.2, 0.25) is 0 Å². The van der Waals surface area contributed by atoms with Crippen LogP contribution in [-0.2, 0) is 13.0 Å². The summed E-state index contributed by atoms with van der Waals surface area (Å²) in [5.74, 6) is 0.966. The molecule has 1 aliphatic heterocycles. The van der Waals surface area contributed by atoms with Crippen LogP contribution in [-0.4, -0.2) is 9.55 Å². The third-order valence-corrected chi connectivity index (χ3v) is 2.58. The van der Waals surface area contributed by atoms with E-state index in [0.29, 0.717) is 0 Å². The number of fused-ring (bicyclic) bond motifs is 1. The maximum Gasteiger partial charge on any atom is 0.256 e. The Hall–Kier alpha value is -1.12. The molecule has 3 heteroatoms. The maximum atomic E-state index is 11.7. The van der Waals surface area contributed by atoms with E-state index in [1.54, 1.807) is 6.20 Å². The van der Waals surface area contributed by atoms with Crippen LogP contribution in [0, 0.1) is 6.92 Å². The number of hydrogen-bond donors (Lipinski definition) is 0. The molecule has 0 spiro atoms. The van der Waals surface area contributed by atoms with Gasteiger partial charge in [-0.3, -0.25) is 9.36 Å². The lowest BCUT2D eigenvalue weighted by atomic mass is 10.2. The van der Waals surface area contributed by atoms with Crippen LogP contribution >= 0.6 is 0 Å². The molecule has 0 amide bonds. The monoisotopic (exact) mass is 178 g/mol. The molecule has 0 aliphatic carbocycles. The Morgan fingerprint density at radius 2 is 2.23 bits per heavy atom. The van der Waals surface area contributed by atoms with Crippen molar-refractivity contribution in [1.82, 2.24) is 9.55 Å². The quantitative estimate of drug-likeness (QED) is 0.599. The van der Waals surface area contributed by atoms with Gasteiger partial charge in [-0.2, -0.15) is 0 Å². The summed E-state index contributed by atoms with van der Waals surface area (Å²) < 4.78 is 1.84. The summed E-state index contributed by atoms with van der Waals surface area (Å²) >= 11 is 0. The Balaban J connectivity index is 2.54. The lowest BCUT2D eigenvalue weighted by Gasteiger charge is -2.07. The number of hydrogen-bond acceptors (Lipinski definition) is 2. The second-order valence-electron chi connectivity index (χ2n) is 3.62. The number of aromatic nitrogens is 2. The normalized spacial score (nSPS) is 16.4. The van der Waals surface area contributed by atoms with E-state index < -0.39 is 0 Å². The SMILES string of the molecule is Cc1cnc2n(c1=O)CCCCC2. The molecule has 3 nitrogen and oxygen atoms in total. The van der Waals surface area contributed by atoms with Crippen LogP contribution in [0.1, 0.15) is 30.7 Å². The minimum atomic E-state index is 0.145. The van der Waals surface area contributed by atoms with Crippen molar-refractivity contribution in [1.29, 1.82) is 0 Å². The molecular weight excluding hydrogens is 164 g/mol. The molecule has 1 aromatic rings. The van der Waals surface area contributed by atoms with E-state index in [2.05, 4.69) is 4.98 Å². The molecule has 0 saturated carbocycles. The molecule has 1 aromatic heterocycles. The van der Waals surface area contributed by atoms with Crippen molar-refractivity contribution in [3.05, 3.63) is 27.9 Å². The molecule has 70 valence electrons. The Morgan fingerprint density at radius 1 is 1.38 bits per heavy atom. The van der Waals surface area contributed by atoms with Crippen LogP contribution in [0.25, 0.3) is 0 Å². The van der Waals surface area contributed by atoms with Gasteiger partial charge in [-0.15, -0.1) is 0 Å². The summed E-state index contributed by atoms with van der Waals surface area (Å²) in [4.78, 5) is 16.0. The second kappa shape index (κ2) is 3.32. The lowest BCUT2D eigenvalue weighted by Crippen LogP contribution is -2.25. The molecule has 2 heterocycles. The summed E-state index contributed by atoms with van der Waals surface area (Å²) in [6, 6.07) is 0. The first kappa shape index (κ1) is 8.48. The lowest BCUT2D eigenvalue weighted by molar-refractivity contribution is 0.605. The van der Waals surface area contributed by atoms with Crippen molar-refractivity contribution >= 4 is 0 Å². The van der Waals surface area contributed by atoms with Crippen LogP contribution in [0.15, 0.2) is 11.0 Å². The van der Waals surface area contributed by atoms with Crippen molar-refractivity contribution < 1.29 is 0 Å². The molecule has 13 heavy (non-hydrogen) atoms. The zero-order valence-electron chi connectivity index (χ0n) is 7.92.